The fraction of sp³-hybridized carbons (Fsp3) is 0.385. The van der Waals surface area contributed by atoms with Gasteiger partial charge in [0.05, 0.1) is 0 Å². The van der Waals surface area contributed by atoms with E-state index in [1.165, 1.54) is 0 Å². The van der Waals surface area contributed by atoms with Gasteiger partial charge in [0.15, 0.2) is 5.84 Å². The van der Waals surface area contributed by atoms with Crippen molar-refractivity contribution in [3.05, 3.63) is 29.8 Å². The molecule has 0 aromatic heterocycles. The molecule has 0 aliphatic carbocycles. The lowest BCUT2D eigenvalue weighted by atomic mass is 9.89. The molecule has 0 bridgehead atoms. The molecule has 2 rings (SSSR count). The number of hydrogen-bond acceptors (Lipinski definition) is 5. The lowest BCUT2D eigenvalue weighted by Crippen LogP contribution is -2.50. The first kappa shape index (κ1) is 14.1. The number of hydrogen-bond donors (Lipinski definition) is 4. The van der Waals surface area contributed by atoms with Gasteiger partial charge in [-0.25, -0.2) is 4.79 Å². The van der Waals surface area contributed by atoms with Gasteiger partial charge in [-0.1, -0.05) is 17.3 Å². The maximum atomic E-state index is 11.5. The summed E-state index contributed by atoms with van der Waals surface area (Å²) in [6.45, 7) is 0.804. The Kier molecular flexibility index (Phi) is 4.09. The van der Waals surface area contributed by atoms with Crippen LogP contribution in [0.25, 0.3) is 0 Å². The molecule has 1 saturated heterocycles. The summed E-state index contributed by atoms with van der Waals surface area (Å²) in [4.78, 5) is 11.5. The van der Waals surface area contributed by atoms with Gasteiger partial charge < -0.3 is 26.1 Å². The Balaban J connectivity index is 2.25. The molecule has 1 aliphatic heterocycles. The van der Waals surface area contributed by atoms with Gasteiger partial charge in [-0.3, -0.25) is 0 Å². The highest BCUT2D eigenvalue weighted by molar-refractivity contribution is 5.98. The van der Waals surface area contributed by atoms with Crippen LogP contribution in [0, 0.1) is 0 Å². The van der Waals surface area contributed by atoms with E-state index in [2.05, 4.69) is 10.5 Å². The van der Waals surface area contributed by atoms with Crippen molar-refractivity contribution >= 4 is 17.5 Å². The standard InChI is InChI=1S/C13H17N3O4/c14-11(16-19)9-2-1-3-10(8-9)15-13(12(17)18)4-6-20-7-5-13/h1-3,8,15,19H,4-7H2,(H2,14,16)(H,17,18). The molecule has 1 heterocycles. The number of carbonyl (C=O) groups is 1. The fourth-order valence-electron chi connectivity index (χ4n) is 2.20. The lowest BCUT2D eigenvalue weighted by molar-refractivity contribution is -0.145. The quantitative estimate of drug-likeness (QED) is 0.281. The maximum absolute atomic E-state index is 11.5. The molecule has 7 heteroatoms. The number of oxime groups is 1. The first-order chi connectivity index (χ1) is 9.57. The normalized spacial score (nSPS) is 18.5. The van der Waals surface area contributed by atoms with E-state index in [4.69, 9.17) is 15.7 Å². The number of benzene rings is 1. The molecule has 0 amide bonds. The molecule has 5 N–H and O–H groups in total. The number of anilines is 1. The number of ether oxygens (including phenoxy) is 1. The molecule has 0 radical (unpaired) electrons. The van der Waals surface area contributed by atoms with Crippen LogP contribution < -0.4 is 11.1 Å². The maximum Gasteiger partial charge on any atom is 0.329 e. The van der Waals surface area contributed by atoms with Crippen molar-refractivity contribution in [2.75, 3.05) is 18.5 Å². The number of nitrogens with zero attached hydrogens (tertiary/aromatic N) is 1. The van der Waals surface area contributed by atoms with E-state index in [1.54, 1.807) is 24.3 Å². The van der Waals surface area contributed by atoms with E-state index >= 15 is 0 Å². The Bertz CT molecular complexity index is 524. The van der Waals surface area contributed by atoms with Crippen molar-refractivity contribution in [1.29, 1.82) is 0 Å². The summed E-state index contributed by atoms with van der Waals surface area (Å²) in [5.74, 6) is -0.931. The molecule has 1 aromatic carbocycles. The van der Waals surface area contributed by atoms with Gasteiger partial charge in [-0.15, -0.1) is 0 Å². The third-order valence-corrected chi connectivity index (χ3v) is 3.41. The second kappa shape index (κ2) is 5.79. The van der Waals surface area contributed by atoms with E-state index < -0.39 is 11.5 Å². The van der Waals surface area contributed by atoms with E-state index in [0.717, 1.165) is 0 Å². The van der Waals surface area contributed by atoms with E-state index in [9.17, 15) is 9.90 Å². The first-order valence-electron chi connectivity index (χ1n) is 6.25. The van der Waals surface area contributed by atoms with Gasteiger partial charge >= 0.3 is 5.97 Å². The minimum Gasteiger partial charge on any atom is -0.480 e. The summed E-state index contributed by atoms with van der Waals surface area (Å²) >= 11 is 0. The van der Waals surface area contributed by atoms with Crippen LogP contribution in [-0.2, 0) is 9.53 Å². The molecule has 1 aromatic rings. The highest BCUT2D eigenvalue weighted by Crippen LogP contribution is 2.26. The SMILES string of the molecule is NC(=NO)c1cccc(NC2(C(=O)O)CCOCC2)c1. The van der Waals surface area contributed by atoms with E-state index in [0.29, 0.717) is 37.3 Å². The number of nitrogens with two attached hydrogens (primary N) is 1. The van der Waals surface area contributed by atoms with Crippen LogP contribution in [0.4, 0.5) is 5.69 Å². The van der Waals surface area contributed by atoms with Crippen molar-refractivity contribution in [3.63, 3.8) is 0 Å². The molecule has 1 aliphatic rings. The molecule has 108 valence electrons. The van der Waals surface area contributed by atoms with Gasteiger partial charge in [-0.05, 0) is 12.1 Å². The smallest absolute Gasteiger partial charge is 0.329 e. The summed E-state index contributed by atoms with van der Waals surface area (Å²) in [6.07, 6.45) is 0.770. The molecule has 7 nitrogen and oxygen atoms in total. The zero-order valence-corrected chi connectivity index (χ0v) is 10.9. The van der Waals surface area contributed by atoms with Crippen LogP contribution in [0.15, 0.2) is 29.4 Å². The van der Waals surface area contributed by atoms with Crippen molar-refractivity contribution in [2.45, 2.75) is 18.4 Å². The van der Waals surface area contributed by atoms with Crippen molar-refractivity contribution in [2.24, 2.45) is 10.9 Å². The zero-order valence-electron chi connectivity index (χ0n) is 10.9. The summed E-state index contributed by atoms with van der Waals surface area (Å²) in [5.41, 5.74) is 5.61. The molecule has 1 fully saturated rings. The Hall–Kier alpha value is -2.28. The average molecular weight is 279 g/mol. The number of rotatable bonds is 4. The predicted octanol–water partition coefficient (Wildman–Crippen LogP) is 0.827. The Morgan fingerprint density at radius 2 is 2.10 bits per heavy atom. The molecule has 0 saturated carbocycles. The summed E-state index contributed by atoms with van der Waals surface area (Å²) in [6, 6.07) is 6.78. The zero-order chi connectivity index (χ0) is 14.6. The largest absolute Gasteiger partial charge is 0.480 e. The lowest BCUT2D eigenvalue weighted by Gasteiger charge is -2.34. The monoisotopic (exact) mass is 279 g/mol. The molecular weight excluding hydrogens is 262 g/mol. The van der Waals surface area contributed by atoms with E-state index in [1.807, 2.05) is 0 Å². The van der Waals surface area contributed by atoms with Crippen LogP contribution in [0.2, 0.25) is 0 Å². The highest BCUT2D eigenvalue weighted by atomic mass is 16.5. The second-order valence-corrected chi connectivity index (χ2v) is 4.69. The molecular formula is C13H17N3O4. The first-order valence-corrected chi connectivity index (χ1v) is 6.25. The minimum absolute atomic E-state index is 0.0231. The van der Waals surface area contributed by atoms with Crippen LogP contribution in [0.5, 0.6) is 0 Å². The van der Waals surface area contributed by atoms with Crippen LogP contribution >= 0.6 is 0 Å². The third kappa shape index (κ3) is 2.83. The second-order valence-electron chi connectivity index (χ2n) is 4.69. The number of carboxylic acid groups (broad SMARTS) is 1. The summed E-state index contributed by atoms with van der Waals surface area (Å²) in [7, 11) is 0. The van der Waals surface area contributed by atoms with Gasteiger partial charge in [0.25, 0.3) is 0 Å². The Morgan fingerprint density at radius 1 is 1.40 bits per heavy atom. The Morgan fingerprint density at radius 3 is 2.70 bits per heavy atom. The van der Waals surface area contributed by atoms with Crippen molar-refractivity contribution in [1.82, 2.24) is 0 Å². The molecule has 0 unspecified atom stereocenters. The Labute approximate surface area is 116 Å². The predicted molar refractivity (Wildman–Crippen MR) is 73.0 cm³/mol. The van der Waals surface area contributed by atoms with Crippen LogP contribution in [0.3, 0.4) is 0 Å². The number of aliphatic carboxylic acids is 1. The molecule has 0 spiro atoms. The van der Waals surface area contributed by atoms with Crippen LogP contribution in [-0.4, -0.2) is 40.9 Å². The number of nitrogens with one attached hydrogen (secondary N) is 1. The van der Waals surface area contributed by atoms with Gasteiger partial charge in [-0.2, -0.15) is 0 Å². The summed E-state index contributed by atoms with van der Waals surface area (Å²) < 4.78 is 5.22. The minimum atomic E-state index is -1.04. The van der Waals surface area contributed by atoms with Gasteiger partial charge in [0.2, 0.25) is 0 Å². The number of amidine groups is 1. The van der Waals surface area contributed by atoms with E-state index in [-0.39, 0.29) is 5.84 Å². The molecule has 0 atom stereocenters. The summed E-state index contributed by atoms with van der Waals surface area (Å²) in [5, 5.41) is 24.1. The number of carboxylic acids is 1. The van der Waals surface area contributed by atoms with Gasteiger partial charge in [0.1, 0.15) is 5.54 Å². The fourth-order valence-corrected chi connectivity index (χ4v) is 2.20. The molecule has 20 heavy (non-hydrogen) atoms. The topological polar surface area (TPSA) is 117 Å². The van der Waals surface area contributed by atoms with Gasteiger partial charge in [0, 0.05) is 37.3 Å². The third-order valence-electron chi connectivity index (χ3n) is 3.41. The average Bonchev–Trinajstić information content (AvgIpc) is 2.47. The van der Waals surface area contributed by atoms with Crippen molar-refractivity contribution in [3.8, 4) is 0 Å². The highest BCUT2D eigenvalue weighted by Gasteiger charge is 2.40. The van der Waals surface area contributed by atoms with Crippen LogP contribution in [0.1, 0.15) is 18.4 Å². The van der Waals surface area contributed by atoms with Crippen molar-refractivity contribution < 1.29 is 19.8 Å².